The van der Waals surface area contributed by atoms with Crippen LogP contribution in [0, 0.1) is 5.41 Å². The normalized spacial score (nSPS) is 29.5. The van der Waals surface area contributed by atoms with Crippen molar-refractivity contribution in [2.24, 2.45) is 5.41 Å². The molecule has 0 spiro atoms. The zero-order valence-corrected chi connectivity index (χ0v) is 17.9. The summed E-state index contributed by atoms with van der Waals surface area (Å²) in [5.74, 6) is -2.59. The molecule has 3 aliphatic heterocycles. The number of likely N-dealkylation sites (tertiary alicyclic amines) is 2. The van der Waals surface area contributed by atoms with Crippen LogP contribution in [0.3, 0.4) is 0 Å². The fourth-order valence-electron chi connectivity index (χ4n) is 5.00. The molecule has 3 heterocycles. The van der Waals surface area contributed by atoms with Crippen molar-refractivity contribution >= 4 is 11.9 Å². The lowest BCUT2D eigenvalue weighted by atomic mass is 9.72. The molecule has 10 heteroatoms. The molecule has 0 bridgehead atoms. The summed E-state index contributed by atoms with van der Waals surface area (Å²) in [6, 6.07) is 0.788. The first kappa shape index (κ1) is 24.3. The third kappa shape index (κ3) is 6.32. The van der Waals surface area contributed by atoms with E-state index in [0.717, 1.165) is 58.0 Å². The van der Waals surface area contributed by atoms with Crippen LogP contribution in [0.4, 0.5) is 13.2 Å². The molecule has 1 saturated carbocycles. The first-order valence-electron chi connectivity index (χ1n) is 11.2. The van der Waals surface area contributed by atoms with Crippen LogP contribution in [0.5, 0.6) is 0 Å². The molecule has 4 rings (SSSR count). The third-order valence-electron chi connectivity index (χ3n) is 6.92. The summed E-state index contributed by atoms with van der Waals surface area (Å²) in [7, 11) is 0. The Kier molecular flexibility index (Phi) is 8.20. The Morgan fingerprint density at radius 3 is 2.32 bits per heavy atom. The first-order valence-corrected chi connectivity index (χ1v) is 11.2. The number of fused-ring (bicyclic) bond motifs is 1. The number of carbonyl (C=O) groups is 2. The van der Waals surface area contributed by atoms with Crippen LogP contribution in [0.2, 0.25) is 0 Å². The maximum atomic E-state index is 12.2. The maximum absolute atomic E-state index is 12.2. The molecule has 2 unspecified atom stereocenters. The molecule has 2 atom stereocenters. The van der Waals surface area contributed by atoms with Gasteiger partial charge in [0, 0.05) is 44.2 Å². The standard InChI is InChI=1S/C19H32N2O3.C2HF3O2/c22-18(20-9-1-2-10-20)13-23-15-19-8-4-12-24-17(19)7-11-21(14-19)16-5-3-6-16;3-2(4,5)1(6)7/h16-17H,1-15H2;(H,6,7). The highest BCUT2D eigenvalue weighted by molar-refractivity contribution is 5.77. The van der Waals surface area contributed by atoms with E-state index in [1.54, 1.807) is 0 Å². The van der Waals surface area contributed by atoms with E-state index in [2.05, 4.69) is 4.90 Å². The van der Waals surface area contributed by atoms with Gasteiger partial charge in [0.1, 0.15) is 6.61 Å². The summed E-state index contributed by atoms with van der Waals surface area (Å²) in [6.07, 6.45) is 5.05. The highest BCUT2D eigenvalue weighted by Gasteiger charge is 2.48. The van der Waals surface area contributed by atoms with Crippen molar-refractivity contribution in [1.29, 1.82) is 0 Å². The zero-order chi connectivity index (χ0) is 22.5. The highest BCUT2D eigenvalue weighted by atomic mass is 19.4. The van der Waals surface area contributed by atoms with Crippen LogP contribution in [-0.2, 0) is 19.1 Å². The van der Waals surface area contributed by atoms with Crippen molar-refractivity contribution in [3.63, 3.8) is 0 Å². The van der Waals surface area contributed by atoms with Crippen LogP contribution in [0.25, 0.3) is 0 Å². The Morgan fingerprint density at radius 2 is 1.74 bits per heavy atom. The van der Waals surface area contributed by atoms with Crippen molar-refractivity contribution in [3.8, 4) is 0 Å². The van der Waals surface area contributed by atoms with E-state index in [1.165, 1.54) is 32.2 Å². The number of carboxylic acid groups (broad SMARTS) is 1. The second-order valence-electron chi connectivity index (χ2n) is 9.05. The SMILES string of the molecule is O=C(COCC12CCCOC1CCN(C1CCC1)C2)N1CCCC1.O=C(O)C(F)(F)F. The Hall–Kier alpha value is -1.39. The van der Waals surface area contributed by atoms with E-state index in [1.807, 2.05) is 4.90 Å². The predicted molar refractivity (Wildman–Crippen MR) is 106 cm³/mol. The van der Waals surface area contributed by atoms with Crippen molar-refractivity contribution in [2.75, 3.05) is 46.0 Å². The fraction of sp³-hybridized carbons (Fsp3) is 0.905. The number of hydrogen-bond acceptors (Lipinski definition) is 5. The van der Waals surface area contributed by atoms with E-state index in [0.29, 0.717) is 12.7 Å². The van der Waals surface area contributed by atoms with Gasteiger partial charge in [-0.2, -0.15) is 13.2 Å². The third-order valence-corrected chi connectivity index (χ3v) is 6.92. The molecule has 31 heavy (non-hydrogen) atoms. The topological polar surface area (TPSA) is 79.3 Å². The van der Waals surface area contributed by atoms with Crippen molar-refractivity contribution in [3.05, 3.63) is 0 Å². The lowest BCUT2D eigenvalue weighted by molar-refractivity contribution is -0.192. The number of carboxylic acids is 1. The number of aliphatic carboxylic acids is 1. The lowest BCUT2D eigenvalue weighted by Crippen LogP contribution is -2.59. The zero-order valence-electron chi connectivity index (χ0n) is 17.9. The minimum atomic E-state index is -5.08. The van der Waals surface area contributed by atoms with Gasteiger partial charge in [0.25, 0.3) is 0 Å². The number of nitrogens with zero attached hydrogens (tertiary/aromatic N) is 2. The van der Waals surface area contributed by atoms with Gasteiger partial charge in [0.05, 0.1) is 12.7 Å². The summed E-state index contributed by atoms with van der Waals surface area (Å²) in [5.41, 5.74) is 0.109. The number of halogens is 3. The molecule has 178 valence electrons. The van der Waals surface area contributed by atoms with E-state index in [-0.39, 0.29) is 17.9 Å². The van der Waals surface area contributed by atoms with Crippen LogP contribution in [-0.4, -0.2) is 91.1 Å². The number of hydrogen-bond donors (Lipinski definition) is 1. The Balaban J connectivity index is 0.000000339. The van der Waals surface area contributed by atoms with Crippen LogP contribution in [0.1, 0.15) is 51.4 Å². The second-order valence-corrected chi connectivity index (χ2v) is 9.05. The molecular formula is C21H33F3N2O5. The largest absolute Gasteiger partial charge is 0.490 e. The van der Waals surface area contributed by atoms with Crippen LogP contribution < -0.4 is 0 Å². The smallest absolute Gasteiger partial charge is 0.475 e. The van der Waals surface area contributed by atoms with Crippen molar-refractivity contribution in [2.45, 2.75) is 69.7 Å². The minimum Gasteiger partial charge on any atom is -0.475 e. The minimum absolute atomic E-state index is 0.109. The van der Waals surface area contributed by atoms with Gasteiger partial charge < -0.3 is 19.5 Å². The van der Waals surface area contributed by atoms with Gasteiger partial charge in [0.2, 0.25) is 5.91 Å². The van der Waals surface area contributed by atoms with Gasteiger partial charge in [-0.15, -0.1) is 0 Å². The average Bonchev–Trinajstić information content (AvgIpc) is 3.21. The summed E-state index contributed by atoms with van der Waals surface area (Å²) < 4.78 is 43.8. The number of ether oxygens (including phenoxy) is 2. The maximum Gasteiger partial charge on any atom is 0.490 e. The summed E-state index contributed by atoms with van der Waals surface area (Å²) in [4.78, 5) is 25.8. The van der Waals surface area contributed by atoms with Crippen LogP contribution >= 0.6 is 0 Å². The molecule has 1 N–H and O–H groups in total. The Morgan fingerprint density at radius 1 is 1.06 bits per heavy atom. The molecule has 0 aromatic rings. The average molecular weight is 450 g/mol. The monoisotopic (exact) mass is 450 g/mol. The van der Waals surface area contributed by atoms with Crippen LogP contribution in [0.15, 0.2) is 0 Å². The van der Waals surface area contributed by atoms with E-state index >= 15 is 0 Å². The van der Waals surface area contributed by atoms with Gasteiger partial charge in [-0.25, -0.2) is 4.79 Å². The van der Waals surface area contributed by atoms with Gasteiger partial charge in [-0.05, 0) is 44.9 Å². The fourth-order valence-corrected chi connectivity index (χ4v) is 5.00. The Labute approximate surface area is 180 Å². The molecule has 4 aliphatic rings. The molecule has 1 amide bonds. The van der Waals surface area contributed by atoms with E-state index in [4.69, 9.17) is 19.4 Å². The number of piperidine rings is 1. The van der Waals surface area contributed by atoms with E-state index < -0.39 is 12.1 Å². The molecule has 4 fully saturated rings. The van der Waals surface area contributed by atoms with Crippen molar-refractivity contribution in [1.82, 2.24) is 9.80 Å². The van der Waals surface area contributed by atoms with Gasteiger partial charge >= 0.3 is 12.1 Å². The van der Waals surface area contributed by atoms with E-state index in [9.17, 15) is 18.0 Å². The van der Waals surface area contributed by atoms with Gasteiger partial charge in [-0.3, -0.25) is 9.69 Å². The summed E-state index contributed by atoms with van der Waals surface area (Å²) in [5, 5.41) is 7.12. The molecule has 3 saturated heterocycles. The lowest BCUT2D eigenvalue weighted by Gasteiger charge is -2.53. The molecular weight excluding hydrogens is 417 g/mol. The second kappa shape index (κ2) is 10.5. The molecule has 7 nitrogen and oxygen atoms in total. The molecule has 1 aliphatic carbocycles. The number of alkyl halides is 3. The quantitative estimate of drug-likeness (QED) is 0.694. The molecule has 0 aromatic heterocycles. The number of carbonyl (C=O) groups excluding carboxylic acids is 1. The predicted octanol–water partition coefficient (Wildman–Crippen LogP) is 2.68. The van der Waals surface area contributed by atoms with Gasteiger partial charge in [0.15, 0.2) is 0 Å². The van der Waals surface area contributed by atoms with Crippen molar-refractivity contribution < 1.29 is 37.3 Å². The Bertz CT molecular complexity index is 623. The first-order chi connectivity index (χ1) is 14.7. The number of rotatable bonds is 5. The highest BCUT2D eigenvalue weighted by Crippen LogP contribution is 2.42. The number of amides is 1. The van der Waals surface area contributed by atoms with Gasteiger partial charge in [-0.1, -0.05) is 6.42 Å². The molecule has 0 aromatic carbocycles. The summed E-state index contributed by atoms with van der Waals surface area (Å²) in [6.45, 7) is 5.91. The summed E-state index contributed by atoms with van der Waals surface area (Å²) >= 11 is 0. The molecule has 0 radical (unpaired) electrons.